The number of amides is 4. The van der Waals surface area contributed by atoms with E-state index in [1.54, 1.807) is 30.9 Å². The highest BCUT2D eigenvalue weighted by atomic mass is 19.1. The Morgan fingerprint density at radius 2 is 1.80 bits per heavy atom. The van der Waals surface area contributed by atoms with Crippen LogP contribution in [0.4, 0.5) is 24.1 Å². The maximum Gasteiger partial charge on any atom is 0.322 e. The molecule has 4 amide bonds. The van der Waals surface area contributed by atoms with Crippen molar-refractivity contribution in [2.45, 2.75) is 45.4 Å². The predicted molar refractivity (Wildman–Crippen MR) is 130 cm³/mol. The van der Waals surface area contributed by atoms with E-state index in [-0.39, 0.29) is 25.2 Å². The number of aliphatic hydroxyl groups is 1. The molecule has 0 saturated carbocycles. The molecule has 0 spiro atoms. The van der Waals surface area contributed by atoms with Crippen molar-refractivity contribution in [3.63, 3.8) is 0 Å². The van der Waals surface area contributed by atoms with Crippen LogP contribution in [0.1, 0.15) is 43.4 Å². The fourth-order valence-electron chi connectivity index (χ4n) is 4.24. The minimum atomic E-state index is -0.815. The first kappa shape index (κ1) is 24.7. The third-order valence-electron chi connectivity index (χ3n) is 6.27. The van der Waals surface area contributed by atoms with Gasteiger partial charge in [-0.15, -0.1) is 0 Å². The van der Waals surface area contributed by atoms with Gasteiger partial charge in [0.15, 0.2) is 0 Å². The van der Waals surface area contributed by atoms with E-state index in [4.69, 9.17) is 0 Å². The van der Waals surface area contributed by atoms with Crippen LogP contribution < -0.4 is 10.6 Å². The van der Waals surface area contributed by atoms with Crippen LogP contribution in [-0.4, -0.2) is 52.2 Å². The molecule has 2 aromatic carbocycles. The van der Waals surface area contributed by atoms with Gasteiger partial charge < -0.3 is 25.5 Å². The summed E-state index contributed by atoms with van der Waals surface area (Å²) in [6.07, 6.45) is 3.21. The van der Waals surface area contributed by atoms with Gasteiger partial charge in [0.25, 0.3) is 0 Å². The Labute approximate surface area is 203 Å². The normalized spacial score (nSPS) is 15.5. The number of anilines is 1. The SMILES string of the molecule is CC(C)(O)CCNC(=O)N1CC=C(c2ccc(NC(=O)N3Cc4cc(F)cc(F)c4C3)cc2)CC1. The summed E-state index contributed by atoms with van der Waals surface area (Å²) in [5.41, 5.74) is 2.75. The summed E-state index contributed by atoms with van der Waals surface area (Å²) in [7, 11) is 0. The molecule has 0 aromatic heterocycles. The van der Waals surface area contributed by atoms with Gasteiger partial charge in [-0.1, -0.05) is 18.2 Å². The molecule has 9 heteroatoms. The number of carbonyl (C=O) groups excluding carboxylic acids is 2. The van der Waals surface area contributed by atoms with Crippen LogP contribution in [0.2, 0.25) is 0 Å². The molecule has 0 unspecified atom stereocenters. The van der Waals surface area contributed by atoms with Crippen molar-refractivity contribution in [3.8, 4) is 0 Å². The number of benzene rings is 2. The zero-order valence-electron chi connectivity index (χ0n) is 19.9. The molecule has 3 N–H and O–H groups in total. The summed E-state index contributed by atoms with van der Waals surface area (Å²) in [6.45, 7) is 5.17. The third-order valence-corrected chi connectivity index (χ3v) is 6.27. The Hall–Kier alpha value is -3.46. The van der Waals surface area contributed by atoms with E-state index in [0.717, 1.165) is 17.2 Å². The lowest BCUT2D eigenvalue weighted by Crippen LogP contribution is -2.43. The van der Waals surface area contributed by atoms with Crippen LogP contribution in [0, 0.1) is 11.6 Å². The van der Waals surface area contributed by atoms with Crippen LogP contribution in [0.3, 0.4) is 0 Å². The van der Waals surface area contributed by atoms with Crippen molar-refractivity contribution in [1.29, 1.82) is 0 Å². The third kappa shape index (κ3) is 6.16. The maximum atomic E-state index is 14.0. The first-order chi connectivity index (χ1) is 16.6. The van der Waals surface area contributed by atoms with E-state index in [1.807, 2.05) is 18.2 Å². The second kappa shape index (κ2) is 10.0. The summed E-state index contributed by atoms with van der Waals surface area (Å²) < 4.78 is 27.4. The highest BCUT2D eigenvalue weighted by Crippen LogP contribution is 2.28. The van der Waals surface area contributed by atoms with Gasteiger partial charge >= 0.3 is 12.1 Å². The van der Waals surface area contributed by atoms with Gasteiger partial charge in [-0.3, -0.25) is 0 Å². The number of hydrogen-bond donors (Lipinski definition) is 3. The zero-order chi connectivity index (χ0) is 25.2. The van der Waals surface area contributed by atoms with Crippen molar-refractivity contribution in [1.82, 2.24) is 15.1 Å². The molecule has 2 aliphatic rings. The second-order valence-corrected chi connectivity index (χ2v) is 9.61. The Balaban J connectivity index is 1.29. The van der Waals surface area contributed by atoms with Crippen molar-refractivity contribution < 1.29 is 23.5 Å². The minimum Gasteiger partial charge on any atom is -0.390 e. The van der Waals surface area contributed by atoms with Crippen molar-refractivity contribution in [3.05, 3.63) is 70.8 Å². The fraction of sp³-hybridized carbons (Fsp3) is 0.385. The summed E-state index contributed by atoms with van der Waals surface area (Å²) in [5, 5.41) is 15.4. The monoisotopic (exact) mass is 484 g/mol. The molecule has 0 aliphatic carbocycles. The molecule has 2 heterocycles. The fourth-order valence-corrected chi connectivity index (χ4v) is 4.24. The van der Waals surface area contributed by atoms with E-state index >= 15 is 0 Å². The Bertz CT molecular complexity index is 1140. The molecule has 2 aliphatic heterocycles. The molecule has 0 bridgehead atoms. The van der Waals surface area contributed by atoms with E-state index in [2.05, 4.69) is 10.6 Å². The van der Waals surface area contributed by atoms with Gasteiger partial charge in [-0.25, -0.2) is 18.4 Å². The maximum absolute atomic E-state index is 14.0. The quantitative estimate of drug-likeness (QED) is 0.585. The van der Waals surface area contributed by atoms with Crippen LogP contribution in [0.15, 0.2) is 42.5 Å². The molecule has 4 rings (SSSR count). The Morgan fingerprint density at radius 1 is 1.06 bits per heavy atom. The van der Waals surface area contributed by atoms with E-state index in [1.165, 1.54) is 11.0 Å². The molecular weight excluding hydrogens is 454 g/mol. The number of hydrogen-bond acceptors (Lipinski definition) is 3. The summed E-state index contributed by atoms with van der Waals surface area (Å²) in [4.78, 5) is 28.1. The predicted octanol–water partition coefficient (Wildman–Crippen LogP) is 4.47. The smallest absolute Gasteiger partial charge is 0.322 e. The number of nitrogens with zero attached hydrogens (tertiary/aromatic N) is 2. The van der Waals surface area contributed by atoms with Gasteiger partial charge in [-0.2, -0.15) is 0 Å². The summed E-state index contributed by atoms with van der Waals surface area (Å²) in [6, 6.07) is 9.00. The second-order valence-electron chi connectivity index (χ2n) is 9.61. The van der Waals surface area contributed by atoms with Crippen LogP contribution in [0.5, 0.6) is 0 Å². The minimum absolute atomic E-state index is 0.0973. The van der Waals surface area contributed by atoms with Crippen molar-refractivity contribution in [2.75, 3.05) is 25.0 Å². The highest BCUT2D eigenvalue weighted by molar-refractivity contribution is 5.90. The molecule has 186 valence electrons. The van der Waals surface area contributed by atoms with Gasteiger partial charge in [0.2, 0.25) is 0 Å². The van der Waals surface area contributed by atoms with Crippen LogP contribution in [0.25, 0.3) is 5.57 Å². The lowest BCUT2D eigenvalue weighted by Gasteiger charge is -2.27. The van der Waals surface area contributed by atoms with E-state index < -0.39 is 17.2 Å². The largest absolute Gasteiger partial charge is 0.390 e. The number of halogens is 2. The van der Waals surface area contributed by atoms with Crippen LogP contribution >= 0.6 is 0 Å². The van der Waals surface area contributed by atoms with Crippen molar-refractivity contribution >= 4 is 23.3 Å². The number of carbonyl (C=O) groups is 2. The van der Waals surface area contributed by atoms with E-state index in [9.17, 15) is 23.5 Å². The average Bonchev–Trinajstić information content (AvgIpc) is 3.23. The molecular formula is C26H30F2N4O3. The number of rotatable bonds is 5. The first-order valence-electron chi connectivity index (χ1n) is 11.7. The van der Waals surface area contributed by atoms with Crippen LogP contribution in [-0.2, 0) is 13.1 Å². The molecule has 0 fully saturated rings. The molecule has 0 atom stereocenters. The standard InChI is InChI=1S/C26H30F2N4O3/c1-26(2,35)9-10-29-24(33)31-11-7-18(8-12-31)17-3-5-21(6-4-17)30-25(34)32-15-19-13-20(27)14-23(28)22(19)16-32/h3-7,13-14,35H,8-12,15-16H2,1-2H3,(H,29,33)(H,30,34). The lowest BCUT2D eigenvalue weighted by molar-refractivity contribution is 0.0715. The highest BCUT2D eigenvalue weighted by Gasteiger charge is 2.27. The van der Waals surface area contributed by atoms with Gasteiger partial charge in [0.05, 0.1) is 12.1 Å². The molecule has 7 nitrogen and oxygen atoms in total. The van der Waals surface area contributed by atoms with Crippen molar-refractivity contribution in [2.24, 2.45) is 0 Å². The lowest BCUT2D eigenvalue weighted by atomic mass is 9.99. The molecule has 0 saturated heterocycles. The molecule has 0 radical (unpaired) electrons. The summed E-state index contributed by atoms with van der Waals surface area (Å²) >= 11 is 0. The molecule has 2 aromatic rings. The van der Waals surface area contributed by atoms with Gasteiger partial charge in [-0.05, 0) is 61.6 Å². The van der Waals surface area contributed by atoms with Gasteiger partial charge in [0, 0.05) is 43.5 Å². The summed E-state index contributed by atoms with van der Waals surface area (Å²) in [5.74, 6) is -1.28. The van der Waals surface area contributed by atoms with Gasteiger partial charge in [0.1, 0.15) is 11.6 Å². The first-order valence-corrected chi connectivity index (χ1v) is 11.7. The Kier molecular flexibility index (Phi) is 7.07. The zero-order valence-corrected chi connectivity index (χ0v) is 19.9. The van der Waals surface area contributed by atoms with E-state index in [0.29, 0.717) is 49.3 Å². The number of fused-ring (bicyclic) bond motifs is 1. The Morgan fingerprint density at radius 3 is 2.46 bits per heavy atom. The number of urea groups is 2. The average molecular weight is 485 g/mol. The number of nitrogens with one attached hydrogen (secondary N) is 2. The topological polar surface area (TPSA) is 84.9 Å². The molecule has 35 heavy (non-hydrogen) atoms.